The van der Waals surface area contributed by atoms with Gasteiger partial charge in [-0.15, -0.1) is 0 Å². The molecule has 1 fully saturated rings. The van der Waals surface area contributed by atoms with Gasteiger partial charge in [-0.05, 0) is 56.9 Å². The third-order valence-electron chi connectivity index (χ3n) is 5.31. The standard InChI is InChI=1S/C22H31N5O4/c1-3-12-26-20(23)19(25-13-6-5-7-14-25)21(29)27(22(26)30)15-18(28)24-16-8-10-17(11-9-16)31-4-2/h8-11H,3-7,12-15,23H2,1-2H3,(H,24,28). The van der Waals surface area contributed by atoms with Gasteiger partial charge in [0.15, 0.2) is 0 Å². The summed E-state index contributed by atoms with van der Waals surface area (Å²) in [5, 5.41) is 2.73. The van der Waals surface area contributed by atoms with Crippen LogP contribution in [0.1, 0.15) is 39.5 Å². The lowest BCUT2D eigenvalue weighted by molar-refractivity contribution is -0.116. The molecule has 0 atom stereocenters. The highest BCUT2D eigenvalue weighted by molar-refractivity contribution is 5.90. The van der Waals surface area contributed by atoms with Crippen LogP contribution in [0.25, 0.3) is 0 Å². The van der Waals surface area contributed by atoms with E-state index in [0.29, 0.717) is 49.8 Å². The number of rotatable bonds is 8. The number of piperidine rings is 1. The highest BCUT2D eigenvalue weighted by Gasteiger charge is 2.24. The molecule has 31 heavy (non-hydrogen) atoms. The Labute approximate surface area is 181 Å². The molecule has 3 N–H and O–H groups in total. The number of benzene rings is 1. The second-order valence-corrected chi connectivity index (χ2v) is 7.61. The third-order valence-corrected chi connectivity index (χ3v) is 5.31. The molecular weight excluding hydrogens is 398 g/mol. The molecule has 0 radical (unpaired) electrons. The quantitative estimate of drug-likeness (QED) is 0.664. The number of amides is 1. The van der Waals surface area contributed by atoms with Crippen LogP contribution >= 0.6 is 0 Å². The first-order valence-electron chi connectivity index (χ1n) is 10.9. The Morgan fingerprint density at radius 2 is 1.74 bits per heavy atom. The predicted octanol–water partition coefficient (Wildman–Crippen LogP) is 2.03. The Morgan fingerprint density at radius 3 is 2.35 bits per heavy atom. The van der Waals surface area contributed by atoms with Crippen molar-refractivity contribution in [3.8, 4) is 5.75 Å². The van der Waals surface area contributed by atoms with Gasteiger partial charge < -0.3 is 20.7 Å². The highest BCUT2D eigenvalue weighted by atomic mass is 16.5. The summed E-state index contributed by atoms with van der Waals surface area (Å²) in [6.07, 6.45) is 3.71. The number of carbonyl (C=O) groups is 1. The molecule has 1 aromatic carbocycles. The van der Waals surface area contributed by atoms with E-state index in [1.807, 2.05) is 18.7 Å². The minimum absolute atomic E-state index is 0.182. The van der Waals surface area contributed by atoms with Crippen LogP contribution in [0.4, 0.5) is 17.2 Å². The normalized spacial score (nSPS) is 13.8. The van der Waals surface area contributed by atoms with Crippen molar-refractivity contribution in [2.45, 2.75) is 52.6 Å². The zero-order valence-electron chi connectivity index (χ0n) is 18.2. The molecule has 2 heterocycles. The van der Waals surface area contributed by atoms with Crippen molar-refractivity contribution in [2.24, 2.45) is 0 Å². The summed E-state index contributed by atoms with van der Waals surface area (Å²) in [7, 11) is 0. The Hall–Kier alpha value is -3.23. The van der Waals surface area contributed by atoms with Crippen molar-refractivity contribution in [1.82, 2.24) is 9.13 Å². The minimum atomic E-state index is -0.563. The van der Waals surface area contributed by atoms with Gasteiger partial charge in [0.2, 0.25) is 5.91 Å². The van der Waals surface area contributed by atoms with Crippen molar-refractivity contribution >= 4 is 23.1 Å². The Morgan fingerprint density at radius 1 is 1.06 bits per heavy atom. The number of hydrogen-bond donors (Lipinski definition) is 2. The van der Waals surface area contributed by atoms with Crippen molar-refractivity contribution in [2.75, 3.05) is 35.6 Å². The van der Waals surface area contributed by atoms with E-state index in [9.17, 15) is 14.4 Å². The molecule has 2 aromatic rings. The van der Waals surface area contributed by atoms with E-state index in [-0.39, 0.29) is 12.4 Å². The fraction of sp³-hybridized carbons (Fsp3) is 0.500. The second-order valence-electron chi connectivity index (χ2n) is 7.61. The summed E-state index contributed by atoms with van der Waals surface area (Å²) in [5.74, 6) is 0.423. The molecule has 0 unspecified atom stereocenters. The minimum Gasteiger partial charge on any atom is -0.494 e. The molecule has 9 nitrogen and oxygen atoms in total. The van der Waals surface area contributed by atoms with Crippen LogP contribution in [0.5, 0.6) is 5.75 Å². The van der Waals surface area contributed by atoms with E-state index < -0.39 is 17.2 Å². The van der Waals surface area contributed by atoms with Gasteiger partial charge in [0, 0.05) is 25.3 Å². The number of nitrogens with one attached hydrogen (secondary N) is 1. The summed E-state index contributed by atoms with van der Waals surface area (Å²) < 4.78 is 7.78. The molecule has 1 amide bonds. The molecule has 3 rings (SSSR count). The first kappa shape index (κ1) is 22.5. The molecule has 1 aliphatic heterocycles. The first-order chi connectivity index (χ1) is 15.0. The monoisotopic (exact) mass is 429 g/mol. The maximum absolute atomic E-state index is 13.2. The fourth-order valence-electron chi connectivity index (χ4n) is 3.84. The summed E-state index contributed by atoms with van der Waals surface area (Å²) >= 11 is 0. The van der Waals surface area contributed by atoms with E-state index in [0.717, 1.165) is 23.8 Å². The number of anilines is 3. The highest BCUT2D eigenvalue weighted by Crippen LogP contribution is 2.22. The van der Waals surface area contributed by atoms with Gasteiger partial charge in [-0.25, -0.2) is 9.36 Å². The van der Waals surface area contributed by atoms with Crippen molar-refractivity contribution in [3.05, 3.63) is 45.1 Å². The van der Waals surface area contributed by atoms with Crippen LogP contribution in [0.2, 0.25) is 0 Å². The van der Waals surface area contributed by atoms with E-state index >= 15 is 0 Å². The summed E-state index contributed by atoms with van der Waals surface area (Å²) in [5.41, 5.74) is 6.06. The lowest BCUT2D eigenvalue weighted by Crippen LogP contribution is -2.47. The third kappa shape index (κ3) is 5.10. The zero-order valence-corrected chi connectivity index (χ0v) is 18.2. The van der Waals surface area contributed by atoms with Gasteiger partial charge in [-0.3, -0.25) is 14.2 Å². The first-order valence-corrected chi connectivity index (χ1v) is 10.9. The van der Waals surface area contributed by atoms with Crippen LogP contribution in [0, 0.1) is 0 Å². The number of hydrogen-bond acceptors (Lipinski definition) is 6. The van der Waals surface area contributed by atoms with Crippen molar-refractivity contribution in [3.63, 3.8) is 0 Å². The molecule has 1 aromatic heterocycles. The van der Waals surface area contributed by atoms with Gasteiger partial charge >= 0.3 is 5.69 Å². The second kappa shape index (κ2) is 10.2. The maximum Gasteiger partial charge on any atom is 0.333 e. The summed E-state index contributed by atoms with van der Waals surface area (Å²) in [4.78, 5) is 40.8. The van der Waals surface area contributed by atoms with E-state index in [1.165, 1.54) is 4.57 Å². The number of nitrogens with two attached hydrogens (primary N) is 1. The Kier molecular flexibility index (Phi) is 7.38. The van der Waals surface area contributed by atoms with Gasteiger partial charge in [0.1, 0.15) is 23.8 Å². The molecule has 168 valence electrons. The molecule has 0 spiro atoms. The van der Waals surface area contributed by atoms with E-state index in [4.69, 9.17) is 10.5 Å². The number of nitrogen functional groups attached to an aromatic ring is 1. The predicted molar refractivity (Wildman–Crippen MR) is 122 cm³/mol. The molecule has 0 bridgehead atoms. The van der Waals surface area contributed by atoms with Crippen LogP contribution in [-0.4, -0.2) is 34.7 Å². The Balaban J connectivity index is 1.90. The SMILES string of the molecule is CCCn1c(N)c(N2CCCCC2)c(=O)n(CC(=O)Nc2ccc(OCC)cc2)c1=O. The Bertz CT molecular complexity index is 1020. The van der Waals surface area contributed by atoms with Crippen molar-refractivity contribution in [1.29, 1.82) is 0 Å². The topological polar surface area (TPSA) is 112 Å². The zero-order chi connectivity index (χ0) is 22.4. The molecule has 1 aliphatic rings. The number of ether oxygens (including phenoxy) is 1. The lowest BCUT2D eigenvalue weighted by Gasteiger charge is -2.30. The van der Waals surface area contributed by atoms with Crippen LogP contribution in [-0.2, 0) is 17.9 Å². The number of aromatic nitrogens is 2. The van der Waals surface area contributed by atoms with Crippen LogP contribution < -0.4 is 31.9 Å². The average molecular weight is 430 g/mol. The number of nitrogens with zero attached hydrogens (tertiary/aromatic N) is 3. The fourth-order valence-corrected chi connectivity index (χ4v) is 3.84. The van der Waals surface area contributed by atoms with Gasteiger partial charge in [-0.1, -0.05) is 6.92 Å². The largest absolute Gasteiger partial charge is 0.494 e. The van der Waals surface area contributed by atoms with Gasteiger partial charge in [-0.2, -0.15) is 0 Å². The summed E-state index contributed by atoms with van der Waals surface area (Å²) in [6.45, 7) is 5.80. The molecule has 9 heteroatoms. The smallest absolute Gasteiger partial charge is 0.333 e. The molecular formula is C22H31N5O4. The summed E-state index contributed by atoms with van der Waals surface area (Å²) in [6, 6.07) is 6.92. The molecule has 0 saturated carbocycles. The van der Waals surface area contributed by atoms with Gasteiger partial charge in [0.05, 0.1) is 6.61 Å². The molecule has 0 aliphatic carbocycles. The van der Waals surface area contributed by atoms with Crippen LogP contribution in [0.15, 0.2) is 33.9 Å². The van der Waals surface area contributed by atoms with Crippen molar-refractivity contribution < 1.29 is 9.53 Å². The number of carbonyl (C=O) groups excluding carboxylic acids is 1. The maximum atomic E-state index is 13.2. The van der Waals surface area contributed by atoms with Crippen LogP contribution in [0.3, 0.4) is 0 Å². The van der Waals surface area contributed by atoms with Gasteiger partial charge in [0.25, 0.3) is 5.56 Å². The van der Waals surface area contributed by atoms with E-state index in [1.54, 1.807) is 24.3 Å². The average Bonchev–Trinajstić information content (AvgIpc) is 2.77. The van der Waals surface area contributed by atoms with E-state index in [2.05, 4.69) is 5.32 Å². The molecule has 1 saturated heterocycles. The lowest BCUT2D eigenvalue weighted by atomic mass is 10.1.